The van der Waals surface area contributed by atoms with Crippen molar-refractivity contribution in [3.8, 4) is 6.19 Å². The Kier molecular flexibility index (Phi) is 4.10. The van der Waals surface area contributed by atoms with Crippen LogP contribution in [0.2, 0.25) is 0 Å². The van der Waals surface area contributed by atoms with Gasteiger partial charge in [0, 0.05) is 0 Å². The number of rotatable bonds is 1. The van der Waals surface area contributed by atoms with Gasteiger partial charge in [0.05, 0.1) is 6.04 Å². The van der Waals surface area contributed by atoms with Gasteiger partial charge in [0.1, 0.15) is 5.04 Å². The molecular weight excluding hydrogens is 134 g/mol. The van der Waals surface area contributed by atoms with E-state index in [1.54, 1.807) is 13.1 Å². The standard InChI is InChI=1S/C5H9N3S/c1-4(7)5(9-2)8-3-6/h4H,7H2,1-2H3. The summed E-state index contributed by atoms with van der Waals surface area (Å²) in [5.41, 5.74) is 5.43. The quantitative estimate of drug-likeness (QED) is 0.332. The van der Waals surface area contributed by atoms with E-state index in [0.29, 0.717) is 5.04 Å². The summed E-state index contributed by atoms with van der Waals surface area (Å²) >= 11 is 1.41. The van der Waals surface area contributed by atoms with Crippen LogP contribution in [0.4, 0.5) is 0 Å². The fourth-order valence-electron chi connectivity index (χ4n) is 0.383. The van der Waals surface area contributed by atoms with Gasteiger partial charge in [-0.25, -0.2) is 0 Å². The highest BCUT2D eigenvalue weighted by atomic mass is 32.2. The second-order valence-electron chi connectivity index (χ2n) is 1.54. The molecule has 0 aromatic rings. The molecule has 1 atom stereocenters. The van der Waals surface area contributed by atoms with Crippen molar-refractivity contribution in [1.29, 1.82) is 5.26 Å². The third kappa shape index (κ3) is 3.12. The number of nitrogens with two attached hydrogens (primary N) is 1. The van der Waals surface area contributed by atoms with E-state index in [9.17, 15) is 0 Å². The van der Waals surface area contributed by atoms with Gasteiger partial charge in [-0.2, -0.15) is 10.3 Å². The zero-order valence-electron chi connectivity index (χ0n) is 5.46. The van der Waals surface area contributed by atoms with E-state index in [2.05, 4.69) is 4.99 Å². The molecule has 4 heteroatoms. The molecular formula is C5H9N3S. The first-order chi connectivity index (χ1) is 4.22. The van der Waals surface area contributed by atoms with E-state index in [0.717, 1.165) is 0 Å². The van der Waals surface area contributed by atoms with E-state index >= 15 is 0 Å². The van der Waals surface area contributed by atoms with Gasteiger partial charge in [-0.05, 0) is 13.2 Å². The molecule has 0 aliphatic rings. The summed E-state index contributed by atoms with van der Waals surface area (Å²) in [4.78, 5) is 3.50. The van der Waals surface area contributed by atoms with Crippen molar-refractivity contribution in [2.24, 2.45) is 10.7 Å². The first-order valence-corrected chi connectivity index (χ1v) is 3.71. The molecule has 3 nitrogen and oxygen atoms in total. The smallest absolute Gasteiger partial charge is 0.206 e. The predicted octanol–water partition coefficient (Wildman–Crippen LogP) is 0.576. The Hall–Kier alpha value is -0.530. The fourth-order valence-corrected chi connectivity index (χ4v) is 0.887. The Bertz CT molecular complexity index is 145. The van der Waals surface area contributed by atoms with E-state index in [1.165, 1.54) is 11.8 Å². The SMILES string of the molecule is CSC(=NC#N)C(C)N. The molecule has 0 saturated carbocycles. The van der Waals surface area contributed by atoms with E-state index in [4.69, 9.17) is 11.0 Å². The van der Waals surface area contributed by atoms with Crippen molar-refractivity contribution >= 4 is 16.8 Å². The second kappa shape index (κ2) is 4.36. The van der Waals surface area contributed by atoms with Crippen LogP contribution < -0.4 is 5.73 Å². The number of thioether (sulfide) groups is 1. The average molecular weight is 143 g/mol. The molecule has 0 aromatic heterocycles. The minimum atomic E-state index is -0.125. The molecule has 0 aliphatic carbocycles. The van der Waals surface area contributed by atoms with Crippen molar-refractivity contribution < 1.29 is 0 Å². The van der Waals surface area contributed by atoms with Gasteiger partial charge >= 0.3 is 0 Å². The maximum Gasteiger partial charge on any atom is 0.206 e. The highest BCUT2D eigenvalue weighted by molar-refractivity contribution is 8.13. The Morgan fingerprint density at radius 2 is 2.44 bits per heavy atom. The summed E-state index contributed by atoms with van der Waals surface area (Å²) in [6, 6.07) is -0.125. The number of aliphatic imine (C=N–C) groups is 1. The van der Waals surface area contributed by atoms with E-state index in [1.807, 2.05) is 6.26 Å². The first kappa shape index (κ1) is 8.47. The highest BCUT2D eigenvalue weighted by Crippen LogP contribution is 2.00. The van der Waals surface area contributed by atoms with Crippen molar-refractivity contribution in [2.75, 3.05) is 6.26 Å². The number of nitrogens with zero attached hydrogens (tertiary/aromatic N) is 2. The van der Waals surface area contributed by atoms with Crippen LogP contribution in [-0.2, 0) is 0 Å². The molecule has 0 aliphatic heterocycles. The van der Waals surface area contributed by atoms with Crippen LogP contribution in [0.1, 0.15) is 6.92 Å². The van der Waals surface area contributed by atoms with Gasteiger partial charge < -0.3 is 5.73 Å². The summed E-state index contributed by atoms with van der Waals surface area (Å²) in [7, 11) is 0. The largest absolute Gasteiger partial charge is 0.322 e. The summed E-state index contributed by atoms with van der Waals surface area (Å²) in [6.07, 6.45) is 3.53. The molecule has 1 unspecified atom stereocenters. The lowest BCUT2D eigenvalue weighted by Crippen LogP contribution is -2.23. The van der Waals surface area contributed by atoms with Gasteiger partial charge in [-0.15, -0.1) is 11.8 Å². The summed E-state index contributed by atoms with van der Waals surface area (Å²) in [5.74, 6) is 0. The van der Waals surface area contributed by atoms with E-state index < -0.39 is 0 Å². The molecule has 0 radical (unpaired) electrons. The lowest BCUT2D eigenvalue weighted by Gasteiger charge is -2.01. The van der Waals surface area contributed by atoms with Crippen LogP contribution >= 0.6 is 11.8 Å². The van der Waals surface area contributed by atoms with Crippen LogP contribution in [0.25, 0.3) is 0 Å². The molecule has 0 saturated heterocycles. The Balaban J connectivity index is 4.02. The summed E-state index contributed by atoms with van der Waals surface area (Å²) < 4.78 is 0. The van der Waals surface area contributed by atoms with Gasteiger partial charge in [0.15, 0.2) is 0 Å². The van der Waals surface area contributed by atoms with Crippen molar-refractivity contribution in [1.82, 2.24) is 0 Å². The maximum atomic E-state index is 8.11. The third-order valence-electron chi connectivity index (χ3n) is 0.759. The molecule has 50 valence electrons. The molecule has 0 aromatic carbocycles. The topological polar surface area (TPSA) is 62.2 Å². The van der Waals surface area contributed by atoms with Gasteiger partial charge in [-0.3, -0.25) is 0 Å². The fraction of sp³-hybridized carbons (Fsp3) is 0.600. The van der Waals surface area contributed by atoms with Gasteiger partial charge in [-0.1, -0.05) is 0 Å². The summed E-state index contributed by atoms with van der Waals surface area (Å²) in [6.45, 7) is 1.80. The van der Waals surface area contributed by atoms with Crippen molar-refractivity contribution in [3.63, 3.8) is 0 Å². The van der Waals surface area contributed by atoms with Crippen LogP contribution in [0, 0.1) is 11.5 Å². The third-order valence-corrected chi connectivity index (χ3v) is 1.64. The predicted molar refractivity (Wildman–Crippen MR) is 40.2 cm³/mol. The minimum absolute atomic E-state index is 0.125. The molecule has 2 N–H and O–H groups in total. The van der Waals surface area contributed by atoms with Crippen LogP contribution in [0.3, 0.4) is 0 Å². The zero-order valence-corrected chi connectivity index (χ0v) is 6.27. The normalized spacial score (nSPS) is 14.7. The second-order valence-corrected chi connectivity index (χ2v) is 2.37. The number of hydrogen-bond donors (Lipinski definition) is 1. The highest BCUT2D eigenvalue weighted by Gasteiger charge is 2.01. The first-order valence-electron chi connectivity index (χ1n) is 2.48. The van der Waals surface area contributed by atoms with Gasteiger partial charge in [0.2, 0.25) is 6.19 Å². The minimum Gasteiger partial charge on any atom is -0.322 e. The monoisotopic (exact) mass is 143 g/mol. The van der Waals surface area contributed by atoms with Crippen LogP contribution in [-0.4, -0.2) is 17.3 Å². The Labute approximate surface area is 58.9 Å². The van der Waals surface area contributed by atoms with Gasteiger partial charge in [0.25, 0.3) is 0 Å². The summed E-state index contributed by atoms with van der Waals surface area (Å²) in [5, 5.41) is 8.79. The molecule has 0 amide bonds. The zero-order chi connectivity index (χ0) is 7.28. The lowest BCUT2D eigenvalue weighted by molar-refractivity contribution is 0.989. The van der Waals surface area contributed by atoms with Crippen LogP contribution in [0.15, 0.2) is 4.99 Å². The Morgan fingerprint density at radius 3 is 2.56 bits per heavy atom. The Morgan fingerprint density at radius 1 is 1.89 bits per heavy atom. The maximum absolute atomic E-state index is 8.11. The molecule has 0 heterocycles. The lowest BCUT2D eigenvalue weighted by atomic mass is 10.4. The van der Waals surface area contributed by atoms with E-state index in [-0.39, 0.29) is 6.04 Å². The molecule has 0 spiro atoms. The van der Waals surface area contributed by atoms with Crippen molar-refractivity contribution in [3.05, 3.63) is 0 Å². The molecule has 0 fully saturated rings. The molecule has 0 bridgehead atoms. The average Bonchev–Trinajstić information content (AvgIpc) is 1.82. The molecule has 0 rings (SSSR count). The van der Waals surface area contributed by atoms with Crippen LogP contribution in [0.5, 0.6) is 0 Å². The number of hydrogen-bond acceptors (Lipinski definition) is 4. The number of nitriles is 1. The van der Waals surface area contributed by atoms with Crippen molar-refractivity contribution in [2.45, 2.75) is 13.0 Å². The molecule has 9 heavy (non-hydrogen) atoms.